The molecule has 0 saturated carbocycles. The highest BCUT2D eigenvalue weighted by Gasteiger charge is 2.20. The number of carbonyl (C=O) groups is 1. The minimum atomic E-state index is -0.720. The first-order valence-corrected chi connectivity index (χ1v) is 5.89. The van der Waals surface area contributed by atoms with Gasteiger partial charge in [-0.05, 0) is 31.5 Å². The van der Waals surface area contributed by atoms with E-state index in [9.17, 15) is 4.79 Å². The number of aliphatic carboxylic acids is 1. The lowest BCUT2D eigenvalue weighted by Gasteiger charge is -1.99. The van der Waals surface area contributed by atoms with Crippen LogP contribution >= 0.6 is 0 Å². The van der Waals surface area contributed by atoms with E-state index in [-0.39, 0.29) is 6.04 Å². The Labute approximate surface area is 105 Å². The van der Waals surface area contributed by atoms with Gasteiger partial charge < -0.3 is 10.4 Å². The number of nitrogens with one attached hydrogen (secondary N) is 1. The van der Waals surface area contributed by atoms with Gasteiger partial charge >= 0.3 is 5.97 Å². The number of aromatic nitrogens is 2. The zero-order valence-electron chi connectivity index (χ0n) is 9.91. The quantitative estimate of drug-likeness (QED) is 0.795. The van der Waals surface area contributed by atoms with E-state index >= 15 is 0 Å². The number of rotatable bonds is 1. The Balaban J connectivity index is 0.000000138. The van der Waals surface area contributed by atoms with Gasteiger partial charge in [0.15, 0.2) is 0 Å². The third-order valence-corrected chi connectivity index (χ3v) is 2.73. The number of hydrogen-bond acceptors (Lipinski definition) is 4. The summed E-state index contributed by atoms with van der Waals surface area (Å²) in [5.74, 6) is -0.720. The van der Waals surface area contributed by atoms with Crippen molar-refractivity contribution in [2.75, 3.05) is 6.54 Å². The minimum absolute atomic E-state index is 0.269. The molecule has 0 bridgehead atoms. The van der Waals surface area contributed by atoms with E-state index in [0.29, 0.717) is 0 Å². The molecule has 18 heavy (non-hydrogen) atoms. The van der Waals surface area contributed by atoms with Crippen LogP contribution in [0, 0.1) is 0 Å². The van der Waals surface area contributed by atoms with Crippen molar-refractivity contribution in [3.05, 3.63) is 36.7 Å². The van der Waals surface area contributed by atoms with Crippen LogP contribution in [0.4, 0.5) is 0 Å². The van der Waals surface area contributed by atoms with E-state index in [2.05, 4.69) is 15.3 Å². The van der Waals surface area contributed by atoms with Crippen molar-refractivity contribution in [3.63, 3.8) is 0 Å². The fraction of sp³-hybridized carbons (Fsp3) is 0.308. The van der Waals surface area contributed by atoms with Crippen LogP contribution in [0.3, 0.4) is 0 Å². The van der Waals surface area contributed by atoms with Gasteiger partial charge in [0.1, 0.15) is 6.04 Å². The van der Waals surface area contributed by atoms with E-state index in [1.165, 1.54) is 0 Å². The molecule has 94 valence electrons. The monoisotopic (exact) mass is 245 g/mol. The van der Waals surface area contributed by atoms with E-state index in [4.69, 9.17) is 5.11 Å². The predicted octanol–water partition coefficient (Wildman–Crippen LogP) is 1.45. The van der Waals surface area contributed by atoms with Gasteiger partial charge in [0.25, 0.3) is 0 Å². The van der Waals surface area contributed by atoms with Crippen LogP contribution < -0.4 is 5.32 Å². The number of hydrogen-bond donors (Lipinski definition) is 2. The second kappa shape index (κ2) is 6.07. The summed E-state index contributed by atoms with van der Waals surface area (Å²) in [7, 11) is 0. The normalized spacial score (nSPS) is 18.1. The first-order valence-electron chi connectivity index (χ1n) is 5.89. The highest BCUT2D eigenvalue weighted by molar-refractivity contribution is 5.73. The fourth-order valence-corrected chi connectivity index (χ4v) is 1.81. The number of nitrogens with zero attached hydrogens (tertiary/aromatic N) is 2. The molecule has 1 aliphatic rings. The molecule has 0 radical (unpaired) electrons. The van der Waals surface area contributed by atoms with Gasteiger partial charge in [0.2, 0.25) is 0 Å². The maximum atomic E-state index is 10.1. The third-order valence-electron chi connectivity index (χ3n) is 2.73. The minimum Gasteiger partial charge on any atom is -0.480 e. The second-order valence-corrected chi connectivity index (χ2v) is 4.03. The predicted molar refractivity (Wildman–Crippen MR) is 68.2 cm³/mol. The van der Waals surface area contributed by atoms with Gasteiger partial charge in [0, 0.05) is 12.4 Å². The summed E-state index contributed by atoms with van der Waals surface area (Å²) in [5.41, 5.74) is 1.90. The summed E-state index contributed by atoms with van der Waals surface area (Å²) >= 11 is 0. The molecule has 0 spiro atoms. The average Bonchev–Trinajstić information content (AvgIpc) is 2.94. The molecular weight excluding hydrogens is 230 g/mol. The smallest absolute Gasteiger partial charge is 0.320 e. The van der Waals surface area contributed by atoms with Crippen molar-refractivity contribution >= 4 is 17.0 Å². The summed E-state index contributed by atoms with van der Waals surface area (Å²) < 4.78 is 0. The molecule has 2 N–H and O–H groups in total. The van der Waals surface area contributed by atoms with Crippen molar-refractivity contribution in [2.45, 2.75) is 18.9 Å². The van der Waals surface area contributed by atoms with Crippen molar-refractivity contribution in [1.29, 1.82) is 0 Å². The molecule has 1 aromatic carbocycles. The number of benzene rings is 1. The van der Waals surface area contributed by atoms with E-state index < -0.39 is 5.97 Å². The third kappa shape index (κ3) is 3.24. The van der Waals surface area contributed by atoms with E-state index in [0.717, 1.165) is 30.4 Å². The highest BCUT2D eigenvalue weighted by Crippen LogP contribution is 2.04. The SMILES string of the molecule is O=C(O)[C@@H]1CCCN1.c1ccc2nccnc2c1. The topological polar surface area (TPSA) is 75.1 Å². The van der Waals surface area contributed by atoms with Crippen LogP contribution in [0.5, 0.6) is 0 Å². The molecule has 2 heterocycles. The van der Waals surface area contributed by atoms with Crippen LogP contribution in [0.15, 0.2) is 36.7 Å². The Morgan fingerprint density at radius 3 is 2.22 bits per heavy atom. The summed E-state index contributed by atoms with van der Waals surface area (Å²) in [6, 6.07) is 7.54. The Hall–Kier alpha value is -2.01. The summed E-state index contributed by atoms with van der Waals surface area (Å²) in [4.78, 5) is 18.4. The lowest BCUT2D eigenvalue weighted by molar-refractivity contribution is -0.139. The summed E-state index contributed by atoms with van der Waals surface area (Å²) in [6.45, 7) is 0.858. The Morgan fingerprint density at radius 1 is 1.22 bits per heavy atom. The summed E-state index contributed by atoms with van der Waals surface area (Å²) in [5, 5.41) is 11.2. The molecule has 2 aromatic rings. The molecule has 3 rings (SSSR count). The van der Waals surface area contributed by atoms with Crippen LogP contribution in [-0.2, 0) is 4.79 Å². The van der Waals surface area contributed by atoms with E-state index in [1.54, 1.807) is 12.4 Å². The molecule has 1 atom stereocenters. The number of carboxylic acids is 1. The van der Waals surface area contributed by atoms with Gasteiger partial charge in [-0.1, -0.05) is 12.1 Å². The largest absolute Gasteiger partial charge is 0.480 e. The molecule has 5 nitrogen and oxygen atoms in total. The van der Waals surface area contributed by atoms with Gasteiger partial charge in [-0.3, -0.25) is 14.8 Å². The highest BCUT2D eigenvalue weighted by atomic mass is 16.4. The number of carboxylic acid groups (broad SMARTS) is 1. The number of fused-ring (bicyclic) bond motifs is 1. The lowest BCUT2D eigenvalue weighted by atomic mass is 10.2. The second-order valence-electron chi connectivity index (χ2n) is 4.03. The molecule has 1 aliphatic heterocycles. The van der Waals surface area contributed by atoms with Gasteiger partial charge in [-0.2, -0.15) is 0 Å². The maximum Gasteiger partial charge on any atom is 0.320 e. The van der Waals surface area contributed by atoms with Crippen molar-refractivity contribution in [3.8, 4) is 0 Å². The molecule has 1 fully saturated rings. The lowest BCUT2D eigenvalue weighted by Crippen LogP contribution is -2.29. The summed E-state index contributed by atoms with van der Waals surface area (Å²) in [6.07, 6.45) is 5.18. The van der Waals surface area contributed by atoms with Crippen LogP contribution in [-0.4, -0.2) is 33.6 Å². The van der Waals surface area contributed by atoms with E-state index in [1.807, 2.05) is 24.3 Å². The average molecular weight is 245 g/mol. The first kappa shape index (κ1) is 12.4. The van der Waals surface area contributed by atoms with Gasteiger partial charge in [-0.15, -0.1) is 0 Å². The van der Waals surface area contributed by atoms with Crippen molar-refractivity contribution in [2.24, 2.45) is 0 Å². The van der Waals surface area contributed by atoms with Gasteiger partial charge in [0.05, 0.1) is 11.0 Å². The zero-order chi connectivity index (χ0) is 12.8. The van der Waals surface area contributed by atoms with Gasteiger partial charge in [-0.25, -0.2) is 0 Å². The van der Waals surface area contributed by atoms with Crippen LogP contribution in [0.2, 0.25) is 0 Å². The molecule has 0 amide bonds. The standard InChI is InChI=1S/C8H6N2.C5H9NO2/c1-2-4-8-7(3-1)9-5-6-10-8;7-5(8)4-2-1-3-6-4/h1-6H;4,6H,1-3H2,(H,7,8)/t;4-/m.0/s1. The molecule has 5 heteroatoms. The Bertz CT molecular complexity index is 459. The Morgan fingerprint density at radius 2 is 1.83 bits per heavy atom. The molecule has 0 unspecified atom stereocenters. The molecule has 1 aromatic heterocycles. The molecule has 1 saturated heterocycles. The van der Waals surface area contributed by atoms with Crippen LogP contribution in [0.25, 0.3) is 11.0 Å². The fourth-order valence-electron chi connectivity index (χ4n) is 1.81. The van der Waals surface area contributed by atoms with Crippen LogP contribution in [0.1, 0.15) is 12.8 Å². The zero-order valence-corrected chi connectivity index (χ0v) is 9.91. The van der Waals surface area contributed by atoms with Crippen molar-refractivity contribution in [1.82, 2.24) is 15.3 Å². The Kier molecular flexibility index (Phi) is 4.20. The number of para-hydroxylation sites is 2. The maximum absolute atomic E-state index is 10.1. The van der Waals surface area contributed by atoms with Crippen molar-refractivity contribution < 1.29 is 9.90 Å². The first-order chi connectivity index (χ1) is 8.77. The molecular formula is C13H15N3O2. The molecule has 0 aliphatic carbocycles.